The van der Waals surface area contributed by atoms with Crippen LogP contribution in [0.2, 0.25) is 0 Å². The highest BCUT2D eigenvalue weighted by Crippen LogP contribution is 2.20. The van der Waals surface area contributed by atoms with Crippen molar-refractivity contribution in [2.45, 2.75) is 12.6 Å². The molecule has 1 unspecified atom stereocenters. The van der Waals surface area contributed by atoms with Gasteiger partial charge in [0.25, 0.3) is 5.91 Å². The van der Waals surface area contributed by atoms with Crippen LogP contribution in [0.5, 0.6) is 0 Å². The van der Waals surface area contributed by atoms with Crippen LogP contribution in [-0.4, -0.2) is 70.7 Å². The Hall–Kier alpha value is -2.48. The summed E-state index contributed by atoms with van der Waals surface area (Å²) in [6.07, 6.45) is 6.65. The van der Waals surface area contributed by atoms with E-state index in [9.17, 15) is 4.79 Å². The van der Waals surface area contributed by atoms with Gasteiger partial charge in [-0.25, -0.2) is 4.68 Å². The highest BCUT2D eigenvalue weighted by atomic mass is 16.5. The zero-order valence-electron chi connectivity index (χ0n) is 13.3. The molecule has 0 N–H and O–H groups in total. The Morgan fingerprint density at radius 3 is 3.04 bits per heavy atom. The average molecular weight is 316 g/mol. The third-order valence-corrected chi connectivity index (χ3v) is 3.80. The molecule has 23 heavy (non-hydrogen) atoms. The molecule has 0 aromatic carbocycles. The Labute approximate surface area is 134 Å². The van der Waals surface area contributed by atoms with Gasteiger partial charge in [0.15, 0.2) is 0 Å². The molecule has 1 atom stereocenters. The summed E-state index contributed by atoms with van der Waals surface area (Å²) in [5.41, 5.74) is 1.48. The van der Waals surface area contributed by atoms with E-state index in [2.05, 4.69) is 15.3 Å². The van der Waals surface area contributed by atoms with Gasteiger partial charge >= 0.3 is 0 Å². The molecule has 1 saturated heterocycles. The van der Waals surface area contributed by atoms with Crippen LogP contribution in [0.1, 0.15) is 10.4 Å². The average Bonchev–Trinajstić information content (AvgIpc) is 3.07. The minimum atomic E-state index is -0.0890. The fraction of sp³-hybridized carbons (Fsp3) is 0.467. The predicted octanol–water partition coefficient (Wildman–Crippen LogP) is 0.280. The first kappa shape index (κ1) is 15.4. The smallest absolute Gasteiger partial charge is 0.257 e. The van der Waals surface area contributed by atoms with Crippen LogP contribution < -0.4 is 4.90 Å². The van der Waals surface area contributed by atoms with E-state index >= 15 is 0 Å². The maximum Gasteiger partial charge on any atom is 0.257 e. The van der Waals surface area contributed by atoms with Crippen LogP contribution >= 0.6 is 0 Å². The molecule has 1 amide bonds. The summed E-state index contributed by atoms with van der Waals surface area (Å²) in [5, 5.41) is 7.73. The lowest BCUT2D eigenvalue weighted by Crippen LogP contribution is -2.47. The van der Waals surface area contributed by atoms with E-state index in [0.717, 1.165) is 5.69 Å². The minimum absolute atomic E-state index is 0.0197. The number of amides is 1. The summed E-state index contributed by atoms with van der Waals surface area (Å²) >= 11 is 0. The van der Waals surface area contributed by atoms with Crippen LogP contribution in [-0.2, 0) is 11.3 Å². The van der Waals surface area contributed by atoms with Crippen LogP contribution in [0.3, 0.4) is 0 Å². The summed E-state index contributed by atoms with van der Waals surface area (Å²) in [6.45, 7) is 2.20. The zero-order valence-corrected chi connectivity index (χ0v) is 13.3. The Balaban J connectivity index is 1.72. The lowest BCUT2D eigenvalue weighted by atomic mass is 10.1. The number of aromatic nitrogens is 4. The number of rotatable bonds is 4. The molecule has 1 aliphatic rings. The van der Waals surface area contributed by atoms with Crippen LogP contribution in [0.15, 0.2) is 30.9 Å². The van der Waals surface area contributed by atoms with Crippen molar-refractivity contribution in [1.29, 1.82) is 0 Å². The number of nitrogens with zero attached hydrogens (tertiary/aromatic N) is 6. The van der Waals surface area contributed by atoms with Crippen molar-refractivity contribution in [3.63, 3.8) is 0 Å². The SMILES string of the molecule is CN(C)c1ccncc1C(=O)N1CCOC(Cn2ccnn2)C1. The third-order valence-electron chi connectivity index (χ3n) is 3.80. The van der Waals surface area contributed by atoms with Gasteiger partial charge < -0.3 is 14.5 Å². The highest BCUT2D eigenvalue weighted by Gasteiger charge is 2.27. The molecule has 1 fully saturated rings. The summed E-state index contributed by atoms with van der Waals surface area (Å²) in [6, 6.07) is 1.85. The van der Waals surface area contributed by atoms with Crippen LogP contribution in [0, 0.1) is 0 Å². The number of pyridine rings is 1. The number of anilines is 1. The molecule has 0 saturated carbocycles. The predicted molar refractivity (Wildman–Crippen MR) is 84.2 cm³/mol. The van der Waals surface area contributed by atoms with Crippen molar-refractivity contribution in [1.82, 2.24) is 24.9 Å². The number of carbonyl (C=O) groups is 1. The molecular weight excluding hydrogens is 296 g/mol. The molecule has 2 aromatic heterocycles. The Morgan fingerprint density at radius 2 is 2.30 bits per heavy atom. The third kappa shape index (κ3) is 3.48. The molecule has 1 aliphatic heterocycles. The van der Waals surface area contributed by atoms with Gasteiger partial charge in [0.2, 0.25) is 0 Å². The summed E-state index contributed by atoms with van der Waals surface area (Å²) in [7, 11) is 3.83. The Bertz CT molecular complexity index is 658. The number of carbonyl (C=O) groups excluding carboxylic acids is 1. The molecule has 0 bridgehead atoms. The number of ether oxygens (including phenoxy) is 1. The molecule has 122 valence electrons. The van der Waals surface area contributed by atoms with Gasteiger partial charge in [-0.1, -0.05) is 5.21 Å². The largest absolute Gasteiger partial charge is 0.377 e. The number of hydrogen-bond acceptors (Lipinski definition) is 6. The second kappa shape index (κ2) is 6.74. The normalized spacial score (nSPS) is 18.0. The molecule has 0 radical (unpaired) electrons. The van der Waals surface area contributed by atoms with E-state index < -0.39 is 0 Å². The van der Waals surface area contributed by atoms with E-state index in [1.165, 1.54) is 0 Å². The summed E-state index contributed by atoms with van der Waals surface area (Å²) < 4.78 is 7.45. The van der Waals surface area contributed by atoms with Crippen LogP contribution in [0.4, 0.5) is 5.69 Å². The van der Waals surface area contributed by atoms with Gasteiger partial charge in [0.1, 0.15) is 0 Å². The maximum absolute atomic E-state index is 12.8. The van der Waals surface area contributed by atoms with Gasteiger partial charge in [-0.05, 0) is 6.07 Å². The van der Waals surface area contributed by atoms with Crippen molar-refractivity contribution in [3.05, 3.63) is 36.4 Å². The summed E-state index contributed by atoms with van der Waals surface area (Å²) in [4.78, 5) is 20.7. The standard InChI is InChI=1S/C15H20N6O2/c1-19(2)14-3-4-16-9-13(14)15(22)20-7-8-23-12(10-20)11-21-6-5-17-18-21/h3-6,9,12H,7-8,10-11H2,1-2H3. The van der Waals surface area contributed by atoms with Crippen LogP contribution in [0.25, 0.3) is 0 Å². The minimum Gasteiger partial charge on any atom is -0.377 e. The molecule has 8 nitrogen and oxygen atoms in total. The molecule has 3 rings (SSSR count). The first-order valence-corrected chi connectivity index (χ1v) is 7.51. The van der Waals surface area contributed by atoms with Crippen molar-refractivity contribution in [3.8, 4) is 0 Å². The second-order valence-corrected chi connectivity index (χ2v) is 5.66. The topological polar surface area (TPSA) is 76.4 Å². The molecule has 8 heteroatoms. The second-order valence-electron chi connectivity index (χ2n) is 5.66. The number of hydrogen-bond donors (Lipinski definition) is 0. The quantitative estimate of drug-likeness (QED) is 0.806. The van der Waals surface area contributed by atoms with E-state index in [4.69, 9.17) is 4.74 Å². The van der Waals surface area contributed by atoms with E-state index in [-0.39, 0.29) is 12.0 Å². The molecule has 2 aromatic rings. The van der Waals surface area contributed by atoms with E-state index in [1.807, 2.05) is 30.0 Å². The van der Waals surface area contributed by atoms with Gasteiger partial charge in [-0.2, -0.15) is 0 Å². The van der Waals surface area contributed by atoms with Crippen molar-refractivity contribution in [2.24, 2.45) is 0 Å². The van der Waals surface area contributed by atoms with Crippen molar-refractivity contribution >= 4 is 11.6 Å². The monoisotopic (exact) mass is 316 g/mol. The van der Waals surface area contributed by atoms with Gasteiger partial charge in [-0.3, -0.25) is 9.78 Å². The molecular formula is C15H20N6O2. The number of morpholine rings is 1. The van der Waals surface area contributed by atoms with E-state index in [1.54, 1.807) is 29.5 Å². The molecule has 0 spiro atoms. The maximum atomic E-state index is 12.8. The zero-order chi connectivity index (χ0) is 16.2. The molecule has 3 heterocycles. The van der Waals surface area contributed by atoms with Crippen molar-refractivity contribution < 1.29 is 9.53 Å². The Morgan fingerprint density at radius 1 is 1.43 bits per heavy atom. The fourth-order valence-corrected chi connectivity index (χ4v) is 2.67. The van der Waals surface area contributed by atoms with Crippen molar-refractivity contribution in [2.75, 3.05) is 38.7 Å². The lowest BCUT2D eigenvalue weighted by molar-refractivity contribution is -0.0301. The fourth-order valence-electron chi connectivity index (χ4n) is 2.67. The van der Waals surface area contributed by atoms with E-state index in [0.29, 0.717) is 31.8 Å². The Kier molecular flexibility index (Phi) is 4.52. The highest BCUT2D eigenvalue weighted by molar-refractivity contribution is 5.99. The van der Waals surface area contributed by atoms with Gasteiger partial charge in [0, 0.05) is 45.8 Å². The van der Waals surface area contributed by atoms with Gasteiger partial charge in [-0.15, -0.1) is 5.10 Å². The first-order valence-electron chi connectivity index (χ1n) is 7.51. The summed E-state index contributed by atoms with van der Waals surface area (Å²) in [5.74, 6) is -0.0197. The van der Waals surface area contributed by atoms with Gasteiger partial charge in [0.05, 0.1) is 36.7 Å². The first-order chi connectivity index (χ1) is 11.1. The molecule has 0 aliphatic carbocycles. The lowest BCUT2D eigenvalue weighted by Gasteiger charge is -2.33.